The molecule has 3 aliphatic rings. The first kappa shape index (κ1) is 23.9. The van der Waals surface area contributed by atoms with Gasteiger partial charge in [0.2, 0.25) is 0 Å². The highest BCUT2D eigenvalue weighted by Gasteiger charge is 2.37. The zero-order chi connectivity index (χ0) is 24.5. The third-order valence-corrected chi connectivity index (χ3v) is 9.61. The highest BCUT2D eigenvalue weighted by Crippen LogP contribution is 2.46. The molecule has 3 aromatic rings. The summed E-state index contributed by atoms with van der Waals surface area (Å²) < 4.78 is 2.10. The van der Waals surface area contributed by atoms with E-state index in [1.54, 1.807) is 0 Å². The quantitative estimate of drug-likeness (QED) is 0.375. The van der Waals surface area contributed by atoms with Gasteiger partial charge in [0.15, 0.2) is 0 Å². The van der Waals surface area contributed by atoms with Crippen molar-refractivity contribution in [3.8, 4) is 0 Å². The molecule has 0 amide bonds. The van der Waals surface area contributed by atoms with Crippen LogP contribution in [0.25, 0.3) is 5.70 Å². The van der Waals surface area contributed by atoms with E-state index in [0.717, 1.165) is 58.9 Å². The number of piperidine rings is 1. The van der Waals surface area contributed by atoms with Crippen LogP contribution in [0.2, 0.25) is 5.02 Å². The minimum absolute atomic E-state index is 0.609. The van der Waals surface area contributed by atoms with E-state index in [9.17, 15) is 0 Å². The summed E-state index contributed by atoms with van der Waals surface area (Å²) in [5.74, 6) is 0.979. The molecule has 8 heteroatoms. The van der Waals surface area contributed by atoms with Gasteiger partial charge in [0.1, 0.15) is 16.5 Å². The molecular formula is C28H33ClN6S. The first-order chi connectivity index (χ1) is 17.6. The lowest BCUT2D eigenvalue weighted by molar-refractivity contribution is 0.226. The molecule has 4 heterocycles. The van der Waals surface area contributed by atoms with E-state index in [1.807, 2.05) is 30.6 Å². The van der Waals surface area contributed by atoms with E-state index in [-0.39, 0.29) is 0 Å². The molecule has 0 radical (unpaired) electrons. The van der Waals surface area contributed by atoms with E-state index < -0.39 is 0 Å². The Morgan fingerprint density at radius 2 is 1.83 bits per heavy atom. The topological polar surface area (TPSA) is 58.9 Å². The third-order valence-electron chi connectivity index (χ3n) is 8.12. The van der Waals surface area contributed by atoms with Crippen LogP contribution in [0.1, 0.15) is 62.8 Å². The van der Waals surface area contributed by atoms with E-state index in [2.05, 4.69) is 27.5 Å². The van der Waals surface area contributed by atoms with Crippen molar-refractivity contribution in [2.45, 2.75) is 74.3 Å². The monoisotopic (exact) mass is 520 g/mol. The number of fused-ring (bicyclic) bond motifs is 1. The number of aromatic nitrogens is 4. The van der Waals surface area contributed by atoms with Crippen LogP contribution >= 0.6 is 23.4 Å². The summed E-state index contributed by atoms with van der Waals surface area (Å²) in [6.07, 6.45) is 15.5. The van der Waals surface area contributed by atoms with Gasteiger partial charge in [-0.2, -0.15) is 5.10 Å². The van der Waals surface area contributed by atoms with Gasteiger partial charge in [-0.05, 0) is 68.6 Å². The first-order valence-electron chi connectivity index (χ1n) is 13.2. The van der Waals surface area contributed by atoms with Gasteiger partial charge >= 0.3 is 0 Å². The van der Waals surface area contributed by atoms with Crippen molar-refractivity contribution in [3.05, 3.63) is 59.6 Å². The molecule has 6 nitrogen and oxygen atoms in total. The summed E-state index contributed by atoms with van der Waals surface area (Å²) >= 11 is 8.33. The average Bonchev–Trinajstić information content (AvgIpc) is 3.55. The van der Waals surface area contributed by atoms with Gasteiger partial charge in [-0.15, -0.1) is 0 Å². The van der Waals surface area contributed by atoms with Crippen molar-refractivity contribution in [1.82, 2.24) is 19.7 Å². The number of aryl methyl sites for hydroxylation is 2. The van der Waals surface area contributed by atoms with Crippen LogP contribution < -0.4 is 10.2 Å². The lowest BCUT2D eigenvalue weighted by Gasteiger charge is -2.39. The largest absolute Gasteiger partial charge is 0.355 e. The fraction of sp³-hybridized carbons (Fsp3) is 0.464. The highest BCUT2D eigenvalue weighted by atomic mass is 35.5. The maximum absolute atomic E-state index is 6.80. The molecule has 2 fully saturated rings. The fourth-order valence-electron chi connectivity index (χ4n) is 5.95. The van der Waals surface area contributed by atoms with Gasteiger partial charge in [-0.25, -0.2) is 9.97 Å². The van der Waals surface area contributed by atoms with Gasteiger partial charge in [0.25, 0.3) is 0 Å². The molecular weight excluding hydrogens is 488 g/mol. The molecule has 36 heavy (non-hydrogen) atoms. The summed E-state index contributed by atoms with van der Waals surface area (Å²) in [7, 11) is 0. The summed E-state index contributed by atoms with van der Waals surface area (Å²) in [6, 6.07) is 8.11. The first-order valence-corrected chi connectivity index (χ1v) is 14.3. The number of hydrogen-bond donors (Lipinski definition) is 1. The molecule has 1 spiro atoms. The molecule has 188 valence electrons. The number of benzene rings is 1. The van der Waals surface area contributed by atoms with Gasteiger partial charge in [0.05, 0.1) is 28.8 Å². The third kappa shape index (κ3) is 4.88. The van der Waals surface area contributed by atoms with Crippen LogP contribution in [-0.2, 0) is 13.0 Å². The predicted molar refractivity (Wildman–Crippen MR) is 148 cm³/mol. The zero-order valence-corrected chi connectivity index (χ0v) is 22.3. The van der Waals surface area contributed by atoms with E-state index in [4.69, 9.17) is 26.7 Å². The molecule has 0 bridgehead atoms. The minimum atomic E-state index is 0.609. The smallest absolute Gasteiger partial charge is 0.147 e. The van der Waals surface area contributed by atoms with Crippen LogP contribution in [0.3, 0.4) is 0 Å². The molecule has 1 aromatic carbocycles. The maximum atomic E-state index is 6.80. The molecule has 6 rings (SSSR count). The number of rotatable bonds is 6. The fourth-order valence-corrected chi connectivity index (χ4v) is 7.02. The van der Waals surface area contributed by atoms with Gasteiger partial charge in [-0.1, -0.05) is 48.8 Å². The van der Waals surface area contributed by atoms with Crippen LogP contribution in [0.15, 0.2) is 53.2 Å². The number of anilines is 2. The molecule has 1 saturated carbocycles. The average molecular weight is 521 g/mol. The lowest BCUT2D eigenvalue weighted by atomic mass is 9.77. The minimum Gasteiger partial charge on any atom is -0.355 e. The van der Waals surface area contributed by atoms with Gasteiger partial charge in [-0.3, -0.25) is 4.68 Å². The molecule has 1 aliphatic carbocycles. The SMILES string of the molecule is C=C(Nc1cccc(Sc2cnc(N3CCC4(CCCC4)CC3)cn2)c1Cl)c1cc2n(n1)CCCC2. The van der Waals surface area contributed by atoms with E-state index >= 15 is 0 Å². The van der Waals surface area contributed by atoms with Crippen molar-refractivity contribution in [3.63, 3.8) is 0 Å². The van der Waals surface area contributed by atoms with E-state index in [1.165, 1.54) is 68.8 Å². The highest BCUT2D eigenvalue weighted by molar-refractivity contribution is 7.99. The van der Waals surface area contributed by atoms with Crippen LogP contribution in [-0.4, -0.2) is 32.8 Å². The Morgan fingerprint density at radius 3 is 2.58 bits per heavy atom. The maximum Gasteiger partial charge on any atom is 0.147 e. The second-order valence-electron chi connectivity index (χ2n) is 10.4. The van der Waals surface area contributed by atoms with Crippen molar-refractivity contribution >= 4 is 40.6 Å². The lowest BCUT2D eigenvalue weighted by Crippen LogP contribution is -2.39. The van der Waals surface area contributed by atoms with Crippen molar-refractivity contribution < 1.29 is 0 Å². The number of hydrogen-bond acceptors (Lipinski definition) is 6. The molecule has 0 atom stereocenters. The normalized spacial score (nSPS) is 18.9. The molecule has 2 aromatic heterocycles. The molecule has 2 aliphatic heterocycles. The second-order valence-corrected chi connectivity index (χ2v) is 11.9. The zero-order valence-electron chi connectivity index (χ0n) is 20.7. The summed E-state index contributed by atoms with van der Waals surface area (Å²) in [6.45, 7) is 7.37. The predicted octanol–water partition coefficient (Wildman–Crippen LogP) is 7.06. The molecule has 1 N–H and O–H groups in total. The Morgan fingerprint density at radius 1 is 1.00 bits per heavy atom. The number of nitrogens with zero attached hydrogens (tertiary/aromatic N) is 5. The molecule has 1 saturated heterocycles. The summed E-state index contributed by atoms with van der Waals surface area (Å²) in [5, 5.41) is 9.58. The summed E-state index contributed by atoms with van der Waals surface area (Å²) in [5.41, 5.74) is 4.33. The Bertz CT molecular complexity index is 1210. The van der Waals surface area contributed by atoms with Crippen LogP contribution in [0.4, 0.5) is 11.5 Å². The number of halogens is 1. The number of nitrogens with one attached hydrogen (secondary N) is 1. The standard InChI is InChI=1S/C28H33ClN6S/c1-20(23-17-21-7-2-5-14-35(21)33-23)32-22-8-6-9-24(27(22)29)36-26-19-30-25(18-31-26)34-15-12-28(13-16-34)10-3-4-11-28/h6,8-9,17-19,32H,1-5,7,10-16H2. The summed E-state index contributed by atoms with van der Waals surface area (Å²) in [4.78, 5) is 12.8. The second kappa shape index (κ2) is 10.1. The van der Waals surface area contributed by atoms with Crippen LogP contribution in [0, 0.1) is 5.41 Å². The Kier molecular flexibility index (Phi) is 6.69. The Balaban J connectivity index is 1.10. The van der Waals surface area contributed by atoms with Crippen LogP contribution in [0.5, 0.6) is 0 Å². The Labute approximate surface area is 222 Å². The Hall–Kier alpha value is -2.51. The molecule has 0 unspecified atom stereocenters. The van der Waals surface area contributed by atoms with Gasteiger partial charge in [0, 0.05) is 30.2 Å². The van der Waals surface area contributed by atoms with Crippen molar-refractivity contribution in [2.24, 2.45) is 5.41 Å². The van der Waals surface area contributed by atoms with Crippen molar-refractivity contribution in [1.29, 1.82) is 0 Å². The van der Waals surface area contributed by atoms with E-state index in [0.29, 0.717) is 10.4 Å². The van der Waals surface area contributed by atoms with Crippen molar-refractivity contribution in [2.75, 3.05) is 23.3 Å². The van der Waals surface area contributed by atoms with Gasteiger partial charge < -0.3 is 10.2 Å².